The van der Waals surface area contributed by atoms with Crippen LogP contribution in [0.15, 0.2) is 50.6 Å². The molecule has 0 unspecified atom stereocenters. The summed E-state index contributed by atoms with van der Waals surface area (Å²) in [5, 5.41) is 5.55. The Morgan fingerprint density at radius 2 is 1.75 bits per heavy atom. The fourth-order valence-corrected chi connectivity index (χ4v) is 3.44. The Labute approximate surface area is 201 Å². The Morgan fingerprint density at radius 3 is 2.31 bits per heavy atom. The first-order valence-corrected chi connectivity index (χ1v) is 10.2. The summed E-state index contributed by atoms with van der Waals surface area (Å²) in [7, 11) is 1.47. The molecule has 2 heterocycles. The minimum Gasteiger partial charge on any atom is -0.364 e. The zero-order chi connectivity index (χ0) is 26.4. The number of anilines is 3. The number of hydrogen-bond donors (Lipinski definition) is 1. The second-order valence-electron chi connectivity index (χ2n) is 7.51. The smallest absolute Gasteiger partial charge is 0.364 e. The Hall–Kier alpha value is -3.94. The van der Waals surface area contributed by atoms with Crippen LogP contribution in [0.2, 0.25) is 5.02 Å². The minimum absolute atomic E-state index is 0.000597. The lowest BCUT2D eigenvalue weighted by Crippen LogP contribution is -2.40. The van der Waals surface area contributed by atoms with E-state index >= 15 is 0 Å². The molecule has 2 aromatic heterocycles. The standard InChI is InChI=1S/C21H12ClF6N5O3/c1-33(8-11-4-2-9(7-29-11)18-31-19(36-32-18)21(26,27)28)15-14(16(34)17(15)35)30-13-5-3-10(6-12(13)22)20(23,24)25/h2-7,30H,8H2,1H3. The predicted molar refractivity (Wildman–Crippen MR) is 116 cm³/mol. The van der Waals surface area contributed by atoms with Gasteiger partial charge in [0.2, 0.25) is 5.82 Å². The van der Waals surface area contributed by atoms with Crippen molar-refractivity contribution in [3.8, 4) is 11.4 Å². The number of benzene rings is 1. The fraction of sp³-hybridized carbons (Fsp3) is 0.190. The maximum atomic E-state index is 12.8. The van der Waals surface area contributed by atoms with E-state index in [-0.39, 0.29) is 40.0 Å². The Kier molecular flexibility index (Phi) is 6.24. The number of pyridine rings is 1. The summed E-state index contributed by atoms with van der Waals surface area (Å²) in [6, 6.07) is 5.33. The second kappa shape index (κ2) is 8.93. The van der Waals surface area contributed by atoms with Crippen molar-refractivity contribution in [2.75, 3.05) is 17.3 Å². The lowest BCUT2D eigenvalue weighted by Gasteiger charge is -2.23. The van der Waals surface area contributed by atoms with E-state index < -0.39 is 34.7 Å². The van der Waals surface area contributed by atoms with Crippen LogP contribution in [0, 0.1) is 0 Å². The molecule has 8 nitrogen and oxygen atoms in total. The van der Waals surface area contributed by atoms with Crippen molar-refractivity contribution in [2.45, 2.75) is 18.9 Å². The highest BCUT2D eigenvalue weighted by Crippen LogP contribution is 2.35. The van der Waals surface area contributed by atoms with Gasteiger partial charge >= 0.3 is 18.2 Å². The molecule has 4 rings (SSSR count). The van der Waals surface area contributed by atoms with Crippen molar-refractivity contribution in [1.82, 2.24) is 15.1 Å². The van der Waals surface area contributed by atoms with E-state index in [1.165, 1.54) is 30.3 Å². The number of hydrogen-bond acceptors (Lipinski definition) is 8. The van der Waals surface area contributed by atoms with Crippen LogP contribution in [-0.2, 0) is 18.9 Å². The number of aromatic nitrogens is 3. The molecule has 1 N–H and O–H groups in total. The second-order valence-corrected chi connectivity index (χ2v) is 7.92. The Morgan fingerprint density at radius 1 is 1.03 bits per heavy atom. The van der Waals surface area contributed by atoms with Gasteiger partial charge < -0.3 is 14.7 Å². The first kappa shape index (κ1) is 25.2. The lowest BCUT2D eigenvalue weighted by molar-refractivity contribution is -0.159. The van der Waals surface area contributed by atoms with Crippen LogP contribution in [0.5, 0.6) is 0 Å². The zero-order valence-electron chi connectivity index (χ0n) is 17.8. The van der Waals surface area contributed by atoms with Crippen LogP contribution in [0.4, 0.5) is 43.4 Å². The highest BCUT2D eigenvalue weighted by Gasteiger charge is 2.38. The van der Waals surface area contributed by atoms with Gasteiger partial charge in [-0.2, -0.15) is 31.3 Å². The molecule has 36 heavy (non-hydrogen) atoms. The number of nitrogens with zero attached hydrogens (tertiary/aromatic N) is 4. The third-order valence-electron chi connectivity index (χ3n) is 4.97. The molecular formula is C21H12ClF6N5O3. The van der Waals surface area contributed by atoms with Gasteiger partial charge in [0.25, 0.3) is 10.9 Å². The van der Waals surface area contributed by atoms with Crippen LogP contribution >= 0.6 is 11.6 Å². The summed E-state index contributed by atoms with van der Waals surface area (Å²) in [6.07, 6.45) is -8.20. The summed E-state index contributed by atoms with van der Waals surface area (Å²) in [5.74, 6) is -1.83. The summed E-state index contributed by atoms with van der Waals surface area (Å²) in [4.78, 5) is 33.0. The first-order chi connectivity index (χ1) is 16.8. The van der Waals surface area contributed by atoms with Crippen molar-refractivity contribution in [1.29, 1.82) is 0 Å². The van der Waals surface area contributed by atoms with Gasteiger partial charge in [-0.25, -0.2) is 0 Å². The van der Waals surface area contributed by atoms with Crippen LogP contribution < -0.4 is 21.1 Å². The maximum Gasteiger partial charge on any atom is 0.471 e. The van der Waals surface area contributed by atoms with Crippen molar-refractivity contribution in [3.63, 3.8) is 0 Å². The SMILES string of the molecule is CN(Cc1ccc(-c2noc(C(F)(F)F)n2)cn1)c1c(Nc2ccc(C(F)(F)F)cc2Cl)c(=O)c1=O. The molecule has 0 fully saturated rings. The van der Waals surface area contributed by atoms with E-state index in [2.05, 4.69) is 25.0 Å². The molecule has 0 aliphatic rings. The molecule has 0 saturated carbocycles. The molecule has 0 amide bonds. The average molecular weight is 532 g/mol. The molecular weight excluding hydrogens is 520 g/mol. The Balaban J connectivity index is 1.50. The van der Waals surface area contributed by atoms with Crippen molar-refractivity contribution < 1.29 is 30.9 Å². The average Bonchev–Trinajstić information content (AvgIpc) is 3.30. The molecule has 0 atom stereocenters. The lowest BCUT2D eigenvalue weighted by atomic mass is 10.1. The van der Waals surface area contributed by atoms with Crippen LogP contribution in [0.1, 0.15) is 17.1 Å². The molecule has 0 aliphatic carbocycles. The topological polar surface area (TPSA) is 101 Å². The normalized spacial score (nSPS) is 12.2. The largest absolute Gasteiger partial charge is 0.471 e. The summed E-state index contributed by atoms with van der Waals surface area (Å²) >= 11 is 5.91. The van der Waals surface area contributed by atoms with Crippen molar-refractivity contribution in [3.05, 3.63) is 79.1 Å². The van der Waals surface area contributed by atoms with Crippen LogP contribution in [0.25, 0.3) is 11.4 Å². The van der Waals surface area contributed by atoms with E-state index in [0.717, 1.165) is 12.1 Å². The zero-order valence-corrected chi connectivity index (χ0v) is 18.6. The van der Waals surface area contributed by atoms with Gasteiger partial charge in [-0.1, -0.05) is 16.8 Å². The van der Waals surface area contributed by atoms with Gasteiger partial charge in [0.1, 0.15) is 11.4 Å². The Bertz CT molecular complexity index is 1490. The minimum atomic E-state index is -4.79. The third-order valence-corrected chi connectivity index (χ3v) is 5.29. The van der Waals surface area contributed by atoms with Gasteiger partial charge in [0.15, 0.2) is 0 Å². The fourth-order valence-electron chi connectivity index (χ4n) is 3.22. The molecule has 15 heteroatoms. The van der Waals surface area contributed by atoms with Crippen LogP contribution in [-0.4, -0.2) is 22.2 Å². The molecule has 188 valence electrons. The monoisotopic (exact) mass is 531 g/mol. The van der Waals surface area contributed by atoms with Crippen molar-refractivity contribution >= 4 is 28.7 Å². The van der Waals surface area contributed by atoms with Crippen molar-refractivity contribution in [2.24, 2.45) is 0 Å². The molecule has 0 bridgehead atoms. The van der Waals surface area contributed by atoms with Gasteiger partial charge in [-0.05, 0) is 30.3 Å². The first-order valence-electron chi connectivity index (χ1n) is 9.80. The number of alkyl halides is 6. The number of nitrogens with one attached hydrogen (secondary N) is 1. The molecule has 0 spiro atoms. The highest BCUT2D eigenvalue weighted by atomic mass is 35.5. The highest BCUT2D eigenvalue weighted by molar-refractivity contribution is 6.33. The summed E-state index contributed by atoms with van der Waals surface area (Å²) < 4.78 is 80.6. The molecule has 0 saturated heterocycles. The molecule has 0 aliphatic heterocycles. The van der Waals surface area contributed by atoms with Gasteiger partial charge in [0.05, 0.1) is 28.5 Å². The van der Waals surface area contributed by atoms with E-state index in [1.54, 1.807) is 0 Å². The number of halogens is 7. The third kappa shape index (κ3) is 4.89. The van der Waals surface area contributed by atoms with E-state index in [0.29, 0.717) is 11.8 Å². The van der Waals surface area contributed by atoms with Crippen LogP contribution in [0.3, 0.4) is 0 Å². The van der Waals surface area contributed by atoms with Gasteiger partial charge in [0, 0.05) is 18.8 Å². The quantitative estimate of drug-likeness (QED) is 0.280. The van der Waals surface area contributed by atoms with E-state index in [4.69, 9.17) is 11.6 Å². The molecule has 0 radical (unpaired) electrons. The molecule has 4 aromatic rings. The van der Waals surface area contributed by atoms with Gasteiger partial charge in [-0.15, -0.1) is 0 Å². The molecule has 2 aromatic carbocycles. The predicted octanol–water partition coefficient (Wildman–Crippen LogP) is 4.80. The summed E-state index contributed by atoms with van der Waals surface area (Å²) in [5.41, 5.74) is -2.39. The maximum absolute atomic E-state index is 12.8. The summed E-state index contributed by atoms with van der Waals surface area (Å²) in [6.45, 7) is 0.000597. The van der Waals surface area contributed by atoms with E-state index in [9.17, 15) is 35.9 Å². The van der Waals surface area contributed by atoms with Gasteiger partial charge in [-0.3, -0.25) is 14.6 Å². The van der Waals surface area contributed by atoms with E-state index in [1.807, 2.05) is 0 Å². The number of rotatable bonds is 6.